The molecule has 0 radical (unpaired) electrons. The van der Waals surface area contributed by atoms with Crippen molar-refractivity contribution >= 4 is 5.52 Å². The first-order valence-corrected chi connectivity index (χ1v) is 5.14. The van der Waals surface area contributed by atoms with Gasteiger partial charge >= 0.3 is 0 Å². The van der Waals surface area contributed by atoms with E-state index >= 15 is 0 Å². The predicted molar refractivity (Wildman–Crippen MR) is 56.5 cm³/mol. The fourth-order valence-corrected chi connectivity index (χ4v) is 1.83. The molecule has 0 saturated heterocycles. The number of nitrogens with zero attached hydrogens (tertiary/aromatic N) is 2. The summed E-state index contributed by atoms with van der Waals surface area (Å²) in [5, 5.41) is 4.62. The third-order valence-electron chi connectivity index (χ3n) is 3.23. The van der Waals surface area contributed by atoms with Crippen LogP contribution in [0.4, 0.5) is 0 Å². The summed E-state index contributed by atoms with van der Waals surface area (Å²) in [6.07, 6.45) is 4.66. The molecule has 0 aliphatic heterocycles. The van der Waals surface area contributed by atoms with E-state index in [2.05, 4.69) is 43.3 Å². The van der Waals surface area contributed by atoms with E-state index in [0.29, 0.717) is 5.41 Å². The maximum atomic E-state index is 4.62. The van der Waals surface area contributed by atoms with Gasteiger partial charge in [-0.15, -0.1) is 0 Å². The molecule has 0 amide bonds. The Morgan fingerprint density at radius 1 is 1.36 bits per heavy atom. The van der Waals surface area contributed by atoms with E-state index in [0.717, 1.165) is 0 Å². The van der Waals surface area contributed by atoms with E-state index in [1.807, 2.05) is 4.52 Å². The molecule has 2 aromatic heterocycles. The van der Waals surface area contributed by atoms with Crippen molar-refractivity contribution in [2.24, 2.45) is 0 Å². The zero-order chi connectivity index (χ0) is 9.76. The van der Waals surface area contributed by atoms with Gasteiger partial charge in [-0.25, -0.2) is 4.52 Å². The van der Waals surface area contributed by atoms with Crippen LogP contribution in [0.5, 0.6) is 0 Å². The van der Waals surface area contributed by atoms with Crippen LogP contribution in [0.25, 0.3) is 5.52 Å². The van der Waals surface area contributed by atoms with E-state index in [9.17, 15) is 0 Å². The van der Waals surface area contributed by atoms with E-state index < -0.39 is 0 Å². The lowest BCUT2D eigenvalue weighted by Crippen LogP contribution is -2.00. The van der Waals surface area contributed by atoms with E-state index in [1.54, 1.807) is 0 Å². The van der Waals surface area contributed by atoms with Crippen molar-refractivity contribution in [2.75, 3.05) is 0 Å². The third kappa shape index (κ3) is 1.07. The molecule has 1 aliphatic carbocycles. The lowest BCUT2D eigenvalue weighted by atomic mass is 10.1. The summed E-state index contributed by atoms with van der Waals surface area (Å²) in [7, 11) is 0. The SMILES string of the molecule is Cc1ccc2cc(C3(C)CC3)nn2c1. The van der Waals surface area contributed by atoms with Gasteiger partial charge in [-0.3, -0.25) is 0 Å². The summed E-state index contributed by atoms with van der Waals surface area (Å²) >= 11 is 0. The molecule has 1 saturated carbocycles. The fraction of sp³-hybridized carbons (Fsp3) is 0.417. The first-order valence-electron chi connectivity index (χ1n) is 5.14. The topological polar surface area (TPSA) is 17.3 Å². The van der Waals surface area contributed by atoms with Crippen molar-refractivity contribution in [1.29, 1.82) is 0 Å². The zero-order valence-corrected chi connectivity index (χ0v) is 8.62. The molecule has 2 aromatic rings. The van der Waals surface area contributed by atoms with Crippen LogP contribution in [0, 0.1) is 6.92 Å². The summed E-state index contributed by atoms with van der Waals surface area (Å²) in [6.45, 7) is 4.39. The quantitative estimate of drug-likeness (QED) is 0.669. The van der Waals surface area contributed by atoms with Crippen molar-refractivity contribution in [2.45, 2.75) is 32.1 Å². The summed E-state index contributed by atoms with van der Waals surface area (Å²) in [4.78, 5) is 0. The minimum absolute atomic E-state index is 0.375. The predicted octanol–water partition coefficient (Wildman–Crippen LogP) is 2.69. The number of aryl methyl sites for hydroxylation is 1. The van der Waals surface area contributed by atoms with Gasteiger partial charge in [0, 0.05) is 11.6 Å². The molecule has 2 nitrogen and oxygen atoms in total. The average Bonchev–Trinajstić information content (AvgIpc) is 2.77. The van der Waals surface area contributed by atoms with Crippen LogP contribution < -0.4 is 0 Å². The summed E-state index contributed by atoms with van der Waals surface area (Å²) in [6, 6.07) is 6.49. The molecule has 3 rings (SSSR count). The molecule has 0 unspecified atom stereocenters. The van der Waals surface area contributed by atoms with Crippen molar-refractivity contribution in [3.63, 3.8) is 0 Å². The monoisotopic (exact) mass is 186 g/mol. The highest BCUT2D eigenvalue weighted by atomic mass is 15.2. The largest absolute Gasteiger partial charge is 0.240 e. The number of pyridine rings is 1. The van der Waals surface area contributed by atoms with Gasteiger partial charge in [0.25, 0.3) is 0 Å². The molecule has 1 fully saturated rings. The molecule has 0 bridgehead atoms. The zero-order valence-electron chi connectivity index (χ0n) is 8.62. The fourth-order valence-electron chi connectivity index (χ4n) is 1.83. The van der Waals surface area contributed by atoms with Crippen LogP contribution in [0.1, 0.15) is 31.0 Å². The second-order valence-corrected chi connectivity index (χ2v) is 4.67. The van der Waals surface area contributed by atoms with Gasteiger partial charge in [0.2, 0.25) is 0 Å². The van der Waals surface area contributed by atoms with Crippen LogP contribution in [-0.4, -0.2) is 9.61 Å². The number of aromatic nitrogens is 2. The first kappa shape index (κ1) is 8.04. The van der Waals surface area contributed by atoms with Crippen LogP contribution in [0.3, 0.4) is 0 Å². The smallest absolute Gasteiger partial charge is 0.0694 e. The van der Waals surface area contributed by atoms with Gasteiger partial charge in [0.15, 0.2) is 0 Å². The highest BCUT2D eigenvalue weighted by molar-refractivity contribution is 5.50. The van der Waals surface area contributed by atoms with Crippen LogP contribution in [0.2, 0.25) is 0 Å². The highest BCUT2D eigenvalue weighted by Gasteiger charge is 2.41. The molecule has 72 valence electrons. The van der Waals surface area contributed by atoms with Gasteiger partial charge in [-0.2, -0.15) is 5.10 Å². The number of hydrogen-bond donors (Lipinski definition) is 0. The Hall–Kier alpha value is -1.31. The molecule has 2 heterocycles. The summed E-state index contributed by atoms with van der Waals surface area (Å²) < 4.78 is 1.99. The molecule has 0 atom stereocenters. The van der Waals surface area contributed by atoms with E-state index in [-0.39, 0.29) is 0 Å². The Labute approximate surface area is 83.6 Å². The number of rotatable bonds is 1. The molecule has 2 heteroatoms. The van der Waals surface area contributed by atoms with Crippen molar-refractivity contribution < 1.29 is 0 Å². The van der Waals surface area contributed by atoms with Gasteiger partial charge in [-0.1, -0.05) is 13.0 Å². The van der Waals surface area contributed by atoms with E-state index in [1.165, 1.54) is 29.6 Å². The molecule has 0 spiro atoms. The number of fused-ring (bicyclic) bond motifs is 1. The minimum Gasteiger partial charge on any atom is -0.240 e. The lowest BCUT2D eigenvalue weighted by Gasteiger charge is -2.00. The Morgan fingerprint density at radius 3 is 2.86 bits per heavy atom. The lowest BCUT2D eigenvalue weighted by molar-refractivity contribution is 0.728. The standard InChI is InChI=1S/C12H14N2/c1-9-3-4-10-7-11(12(2)5-6-12)13-14(10)8-9/h3-4,7-8H,5-6H2,1-2H3. The number of hydrogen-bond acceptors (Lipinski definition) is 1. The normalized spacial score (nSPS) is 18.7. The average molecular weight is 186 g/mol. The molecular formula is C12H14N2. The molecule has 14 heavy (non-hydrogen) atoms. The summed E-state index contributed by atoms with van der Waals surface area (Å²) in [5.41, 5.74) is 4.09. The van der Waals surface area contributed by atoms with Crippen LogP contribution >= 0.6 is 0 Å². The van der Waals surface area contributed by atoms with Gasteiger partial charge in [0.1, 0.15) is 0 Å². The second kappa shape index (κ2) is 2.38. The van der Waals surface area contributed by atoms with Crippen LogP contribution in [-0.2, 0) is 5.41 Å². The summed E-state index contributed by atoms with van der Waals surface area (Å²) in [5.74, 6) is 0. The van der Waals surface area contributed by atoms with Gasteiger partial charge in [-0.05, 0) is 37.5 Å². The van der Waals surface area contributed by atoms with Gasteiger partial charge < -0.3 is 0 Å². The molecule has 0 N–H and O–H groups in total. The second-order valence-electron chi connectivity index (χ2n) is 4.67. The first-order chi connectivity index (χ1) is 6.67. The van der Waals surface area contributed by atoms with Crippen molar-refractivity contribution in [3.05, 3.63) is 35.7 Å². The Bertz CT molecular complexity index is 492. The maximum Gasteiger partial charge on any atom is 0.0694 e. The Kier molecular flexibility index (Phi) is 1.37. The van der Waals surface area contributed by atoms with Crippen LogP contribution in [0.15, 0.2) is 24.4 Å². The van der Waals surface area contributed by atoms with E-state index in [4.69, 9.17) is 0 Å². The molecular weight excluding hydrogens is 172 g/mol. The third-order valence-corrected chi connectivity index (χ3v) is 3.23. The van der Waals surface area contributed by atoms with Crippen molar-refractivity contribution in [3.8, 4) is 0 Å². The van der Waals surface area contributed by atoms with Gasteiger partial charge in [0.05, 0.1) is 11.2 Å². The molecule has 1 aliphatic rings. The maximum absolute atomic E-state index is 4.62. The van der Waals surface area contributed by atoms with Crippen molar-refractivity contribution in [1.82, 2.24) is 9.61 Å². The Morgan fingerprint density at radius 2 is 2.14 bits per heavy atom. The minimum atomic E-state index is 0.375. The Balaban J connectivity index is 2.20. The highest BCUT2D eigenvalue weighted by Crippen LogP contribution is 2.46. The molecule has 0 aromatic carbocycles.